The second kappa shape index (κ2) is 20.4. The van der Waals surface area contributed by atoms with E-state index in [4.69, 9.17) is 9.47 Å². The molecule has 0 bridgehead atoms. The number of hydrogen-bond acceptors (Lipinski definition) is 8. The summed E-state index contributed by atoms with van der Waals surface area (Å²) < 4.78 is 10.7. The molecular weight excluding hydrogens is 638 g/mol. The SMILES string of the molecule is O=C(CNC(=O)OCc1ccccc1)NCC(=O)N[C@@H](Cc1ccccc1)C(=O)N[C@@H](Cc1ccccc1)C(=O)OCCCc1ccncc1. The first kappa shape index (κ1) is 36.8. The van der Waals surface area contributed by atoms with E-state index in [0.717, 1.165) is 22.3 Å². The highest BCUT2D eigenvalue weighted by molar-refractivity contribution is 5.93. The van der Waals surface area contributed by atoms with E-state index in [-0.39, 0.29) is 26.1 Å². The highest BCUT2D eigenvalue weighted by atomic mass is 16.5. The molecule has 0 aliphatic rings. The fourth-order valence-corrected chi connectivity index (χ4v) is 4.89. The zero-order chi connectivity index (χ0) is 35.4. The maximum absolute atomic E-state index is 13.7. The number of carbonyl (C=O) groups is 5. The van der Waals surface area contributed by atoms with Gasteiger partial charge in [0.2, 0.25) is 17.7 Å². The van der Waals surface area contributed by atoms with Gasteiger partial charge in [-0.05, 0) is 47.2 Å². The van der Waals surface area contributed by atoms with Crippen molar-refractivity contribution in [1.29, 1.82) is 0 Å². The van der Waals surface area contributed by atoms with E-state index in [1.165, 1.54) is 0 Å². The van der Waals surface area contributed by atoms with E-state index in [9.17, 15) is 24.0 Å². The molecule has 1 heterocycles. The van der Waals surface area contributed by atoms with Gasteiger partial charge < -0.3 is 30.7 Å². The number of nitrogens with one attached hydrogen (secondary N) is 4. The summed E-state index contributed by atoms with van der Waals surface area (Å²) in [7, 11) is 0. The van der Waals surface area contributed by atoms with Gasteiger partial charge in [-0.3, -0.25) is 19.4 Å². The summed E-state index contributed by atoms with van der Waals surface area (Å²) in [4.78, 5) is 68.2. The molecule has 4 aromatic rings. The molecule has 12 nitrogen and oxygen atoms in total. The topological polar surface area (TPSA) is 165 Å². The number of benzene rings is 3. The minimum atomic E-state index is -1.08. The number of aryl methyl sites for hydroxylation is 1. The van der Waals surface area contributed by atoms with Crippen LogP contribution < -0.4 is 21.3 Å². The second-order valence-electron chi connectivity index (χ2n) is 11.4. The smallest absolute Gasteiger partial charge is 0.407 e. The molecule has 0 fully saturated rings. The number of nitrogens with zero attached hydrogens (tertiary/aromatic N) is 1. The van der Waals surface area contributed by atoms with Crippen molar-refractivity contribution in [3.05, 3.63) is 138 Å². The Balaban J connectivity index is 1.32. The number of alkyl carbamates (subject to hydrolysis) is 1. The van der Waals surface area contributed by atoms with E-state index in [1.54, 1.807) is 24.5 Å². The normalized spacial score (nSPS) is 11.7. The average molecular weight is 680 g/mol. The van der Waals surface area contributed by atoms with Gasteiger partial charge in [-0.2, -0.15) is 0 Å². The van der Waals surface area contributed by atoms with Crippen LogP contribution in [0.2, 0.25) is 0 Å². The molecule has 0 aliphatic carbocycles. The van der Waals surface area contributed by atoms with E-state index in [0.29, 0.717) is 12.8 Å². The third-order valence-electron chi connectivity index (χ3n) is 7.47. The Bertz CT molecular complexity index is 1660. The number of rotatable bonds is 18. The predicted octanol–water partition coefficient (Wildman–Crippen LogP) is 3.06. The summed E-state index contributed by atoms with van der Waals surface area (Å²) in [5, 5.41) is 10.2. The van der Waals surface area contributed by atoms with E-state index < -0.39 is 55.0 Å². The number of hydrogen-bond donors (Lipinski definition) is 4. The fraction of sp³-hybridized carbons (Fsp3) is 0.263. The highest BCUT2D eigenvalue weighted by Gasteiger charge is 2.28. The maximum Gasteiger partial charge on any atom is 0.407 e. The third kappa shape index (κ3) is 13.6. The van der Waals surface area contributed by atoms with Gasteiger partial charge in [0.05, 0.1) is 13.2 Å². The second-order valence-corrected chi connectivity index (χ2v) is 11.4. The van der Waals surface area contributed by atoms with Gasteiger partial charge in [-0.15, -0.1) is 0 Å². The lowest BCUT2D eigenvalue weighted by atomic mass is 10.0. The van der Waals surface area contributed by atoms with Crippen molar-refractivity contribution in [2.24, 2.45) is 0 Å². The summed E-state index contributed by atoms with van der Waals surface area (Å²) in [5.74, 6) is -2.45. The van der Waals surface area contributed by atoms with Gasteiger partial charge in [0.1, 0.15) is 25.2 Å². The Kier molecular flexibility index (Phi) is 15.0. The summed E-state index contributed by atoms with van der Waals surface area (Å²) in [6.45, 7) is -0.671. The molecule has 1 aromatic heterocycles. The molecule has 4 rings (SSSR count). The van der Waals surface area contributed by atoms with E-state index >= 15 is 0 Å². The molecule has 4 amide bonds. The Labute approximate surface area is 291 Å². The lowest BCUT2D eigenvalue weighted by molar-refractivity contribution is -0.148. The van der Waals surface area contributed by atoms with Crippen molar-refractivity contribution in [3.8, 4) is 0 Å². The average Bonchev–Trinajstić information content (AvgIpc) is 3.15. The molecular formula is C38H41N5O7. The Morgan fingerprint density at radius 1 is 0.580 bits per heavy atom. The Morgan fingerprint density at radius 2 is 1.14 bits per heavy atom. The number of aromatic nitrogens is 1. The first-order valence-electron chi connectivity index (χ1n) is 16.3. The summed E-state index contributed by atoms with van der Waals surface area (Å²) in [5.41, 5.74) is 3.44. The van der Waals surface area contributed by atoms with Crippen molar-refractivity contribution in [3.63, 3.8) is 0 Å². The van der Waals surface area contributed by atoms with Crippen LogP contribution >= 0.6 is 0 Å². The lowest BCUT2D eigenvalue weighted by Crippen LogP contribution is -2.54. The molecule has 2 atom stereocenters. The number of pyridine rings is 1. The van der Waals surface area contributed by atoms with Gasteiger partial charge in [-0.25, -0.2) is 9.59 Å². The van der Waals surface area contributed by atoms with Crippen LogP contribution in [0.5, 0.6) is 0 Å². The zero-order valence-electron chi connectivity index (χ0n) is 27.6. The Morgan fingerprint density at radius 3 is 1.76 bits per heavy atom. The number of carbonyl (C=O) groups excluding carboxylic acids is 5. The van der Waals surface area contributed by atoms with Gasteiger partial charge in [0, 0.05) is 25.2 Å². The molecule has 0 spiro atoms. The number of ether oxygens (including phenoxy) is 2. The fourth-order valence-electron chi connectivity index (χ4n) is 4.89. The van der Waals surface area contributed by atoms with Crippen molar-refractivity contribution in [1.82, 2.24) is 26.3 Å². The molecule has 0 aliphatic heterocycles. The van der Waals surface area contributed by atoms with Crippen LogP contribution in [0.4, 0.5) is 4.79 Å². The van der Waals surface area contributed by atoms with Crippen LogP contribution in [0.1, 0.15) is 28.7 Å². The highest BCUT2D eigenvalue weighted by Crippen LogP contribution is 2.09. The summed E-state index contributed by atoms with van der Waals surface area (Å²) in [6, 6.07) is 29.1. The van der Waals surface area contributed by atoms with E-state index in [2.05, 4.69) is 26.3 Å². The van der Waals surface area contributed by atoms with Crippen LogP contribution in [-0.2, 0) is 54.5 Å². The van der Waals surface area contributed by atoms with Crippen LogP contribution in [0.25, 0.3) is 0 Å². The third-order valence-corrected chi connectivity index (χ3v) is 7.47. The van der Waals surface area contributed by atoms with E-state index in [1.807, 2.05) is 91.0 Å². The quantitative estimate of drug-likeness (QED) is 0.0921. The standard InChI is InChI=1S/C38H41N5O7/c44-34(25-41-38(48)50-27-31-15-8-3-9-16-31)40-26-35(45)42-32(23-29-11-4-1-5-12-29)36(46)43-33(24-30-13-6-2-7-14-30)37(47)49-22-10-17-28-18-20-39-21-19-28/h1-9,11-16,18-21,32-33H,10,17,22-27H2,(H,40,44)(H,41,48)(H,42,45)(H,43,46)/t32-,33-/m0/s1. The number of esters is 1. The molecule has 0 radical (unpaired) electrons. The monoisotopic (exact) mass is 679 g/mol. The molecule has 50 heavy (non-hydrogen) atoms. The minimum Gasteiger partial charge on any atom is -0.464 e. The first-order chi connectivity index (χ1) is 24.4. The molecule has 0 unspecified atom stereocenters. The molecule has 4 N–H and O–H groups in total. The molecule has 0 saturated carbocycles. The van der Waals surface area contributed by atoms with Crippen molar-refractivity contribution >= 4 is 29.8 Å². The molecule has 12 heteroatoms. The minimum absolute atomic E-state index is 0.0395. The van der Waals surface area contributed by atoms with Gasteiger partial charge in [0.25, 0.3) is 0 Å². The van der Waals surface area contributed by atoms with Gasteiger partial charge >= 0.3 is 12.1 Å². The first-order valence-corrected chi connectivity index (χ1v) is 16.3. The van der Waals surface area contributed by atoms with Gasteiger partial charge in [-0.1, -0.05) is 91.0 Å². The molecule has 3 aromatic carbocycles. The van der Waals surface area contributed by atoms with Crippen LogP contribution in [0.3, 0.4) is 0 Å². The Hall–Kier alpha value is -6.04. The number of amides is 4. The zero-order valence-corrected chi connectivity index (χ0v) is 27.6. The van der Waals surface area contributed by atoms with Crippen molar-refractivity contribution < 1.29 is 33.4 Å². The van der Waals surface area contributed by atoms with Crippen LogP contribution in [0, 0.1) is 0 Å². The van der Waals surface area contributed by atoms with Crippen molar-refractivity contribution in [2.45, 2.75) is 44.4 Å². The maximum atomic E-state index is 13.7. The molecule has 260 valence electrons. The summed E-state index contributed by atoms with van der Waals surface area (Å²) >= 11 is 0. The van der Waals surface area contributed by atoms with Crippen LogP contribution in [-0.4, -0.2) is 66.5 Å². The van der Waals surface area contributed by atoms with Crippen molar-refractivity contribution in [2.75, 3.05) is 19.7 Å². The summed E-state index contributed by atoms with van der Waals surface area (Å²) in [6.07, 6.45) is 4.21. The van der Waals surface area contributed by atoms with Gasteiger partial charge in [0.15, 0.2) is 0 Å². The lowest BCUT2D eigenvalue weighted by Gasteiger charge is -2.23. The molecule has 0 saturated heterocycles. The predicted molar refractivity (Wildman–Crippen MR) is 185 cm³/mol. The largest absolute Gasteiger partial charge is 0.464 e. The van der Waals surface area contributed by atoms with Crippen LogP contribution in [0.15, 0.2) is 116 Å².